The summed E-state index contributed by atoms with van der Waals surface area (Å²) in [5, 5.41) is 0. The highest BCUT2D eigenvalue weighted by molar-refractivity contribution is 5.95. The number of hydrogen-bond acceptors (Lipinski definition) is 4. The van der Waals surface area contributed by atoms with E-state index in [9.17, 15) is 4.79 Å². The van der Waals surface area contributed by atoms with Crippen LogP contribution in [0, 0.1) is 6.92 Å². The average molecular weight is 409 g/mol. The van der Waals surface area contributed by atoms with Crippen LogP contribution in [0.1, 0.15) is 72.3 Å². The van der Waals surface area contributed by atoms with Gasteiger partial charge in [-0.15, -0.1) is 0 Å². The first-order chi connectivity index (χ1) is 14.3. The Morgan fingerprint density at radius 2 is 2.00 bits per heavy atom. The molecule has 2 aromatic rings. The van der Waals surface area contributed by atoms with Gasteiger partial charge < -0.3 is 19.0 Å². The third kappa shape index (κ3) is 3.53. The number of benzene rings is 1. The number of hydrogen-bond donors (Lipinski definition) is 0. The minimum absolute atomic E-state index is 0.0800. The second-order valence-corrected chi connectivity index (χ2v) is 9.86. The molecule has 1 saturated carbocycles. The molecule has 1 aromatic carbocycles. The summed E-state index contributed by atoms with van der Waals surface area (Å²) in [5.41, 5.74) is 6.27. The molecule has 0 radical (unpaired) electrons. The standard InChI is InChI=1S/C25H32N2O3/c1-16-14-26(8-9-27(16)24(28)21-7-10-29-17(21)2)20-11-19-13-25(3,4)30-15-23(19)22(12-20)18-5-6-18/h7,10-12,16,18H,5-6,8-9,13-15H2,1-4H3/t16-/m1/s1. The van der Waals surface area contributed by atoms with E-state index >= 15 is 0 Å². The van der Waals surface area contributed by atoms with Crippen molar-refractivity contribution in [1.29, 1.82) is 0 Å². The lowest BCUT2D eigenvalue weighted by atomic mass is 9.87. The third-order valence-electron chi connectivity index (χ3n) is 6.94. The minimum Gasteiger partial charge on any atom is -0.469 e. The number of fused-ring (bicyclic) bond motifs is 1. The van der Waals surface area contributed by atoms with Crippen LogP contribution in [0.5, 0.6) is 0 Å². The van der Waals surface area contributed by atoms with E-state index in [1.54, 1.807) is 12.3 Å². The van der Waals surface area contributed by atoms with E-state index in [1.165, 1.54) is 35.2 Å². The van der Waals surface area contributed by atoms with Gasteiger partial charge in [0.1, 0.15) is 5.76 Å². The third-order valence-corrected chi connectivity index (χ3v) is 6.94. The Labute approximate surface area is 179 Å². The fraction of sp³-hybridized carbons (Fsp3) is 0.560. The fourth-order valence-corrected chi connectivity index (χ4v) is 5.05. The molecule has 0 bridgehead atoms. The summed E-state index contributed by atoms with van der Waals surface area (Å²) in [7, 11) is 0. The monoisotopic (exact) mass is 408 g/mol. The lowest BCUT2D eigenvalue weighted by Gasteiger charge is -2.42. The first-order valence-corrected chi connectivity index (χ1v) is 11.2. The molecule has 0 spiro atoms. The van der Waals surface area contributed by atoms with Gasteiger partial charge >= 0.3 is 0 Å². The van der Waals surface area contributed by atoms with Crippen LogP contribution in [0.15, 0.2) is 28.9 Å². The predicted octanol–water partition coefficient (Wildman–Crippen LogP) is 4.67. The number of carbonyl (C=O) groups is 1. The molecule has 3 aliphatic rings. The van der Waals surface area contributed by atoms with Crippen molar-refractivity contribution in [3.05, 3.63) is 52.5 Å². The summed E-state index contributed by atoms with van der Waals surface area (Å²) < 4.78 is 11.5. The molecule has 1 aromatic heterocycles. The van der Waals surface area contributed by atoms with Crippen LogP contribution >= 0.6 is 0 Å². The Kier molecular flexibility index (Phi) is 4.69. The van der Waals surface area contributed by atoms with Gasteiger partial charge in [-0.25, -0.2) is 0 Å². The van der Waals surface area contributed by atoms with Gasteiger partial charge in [0.15, 0.2) is 0 Å². The maximum Gasteiger partial charge on any atom is 0.257 e. The highest BCUT2D eigenvalue weighted by Crippen LogP contribution is 2.46. The first kappa shape index (κ1) is 19.7. The zero-order valence-corrected chi connectivity index (χ0v) is 18.5. The molecule has 1 amide bonds. The number of anilines is 1. The number of carbonyl (C=O) groups excluding carboxylic acids is 1. The van der Waals surface area contributed by atoms with E-state index < -0.39 is 0 Å². The van der Waals surface area contributed by atoms with Crippen molar-refractivity contribution >= 4 is 11.6 Å². The molecule has 2 fully saturated rings. The molecule has 160 valence electrons. The lowest BCUT2D eigenvalue weighted by Crippen LogP contribution is -2.54. The number of aryl methyl sites for hydroxylation is 1. The molecular formula is C25H32N2O3. The van der Waals surface area contributed by atoms with Crippen LogP contribution < -0.4 is 4.90 Å². The summed E-state index contributed by atoms with van der Waals surface area (Å²) in [6.45, 7) is 11.5. The lowest BCUT2D eigenvalue weighted by molar-refractivity contribution is -0.0404. The zero-order chi connectivity index (χ0) is 21.0. The van der Waals surface area contributed by atoms with Gasteiger partial charge in [0.25, 0.3) is 5.91 Å². The number of rotatable bonds is 3. The normalized spacial score (nSPS) is 23.4. The molecule has 5 rings (SSSR count). The first-order valence-electron chi connectivity index (χ1n) is 11.2. The largest absolute Gasteiger partial charge is 0.469 e. The van der Waals surface area contributed by atoms with Crippen molar-refractivity contribution in [3.8, 4) is 0 Å². The summed E-state index contributed by atoms with van der Waals surface area (Å²) in [6.07, 6.45) is 5.15. The molecule has 3 heterocycles. The molecule has 2 aliphatic heterocycles. The summed E-state index contributed by atoms with van der Waals surface area (Å²) in [4.78, 5) is 17.4. The van der Waals surface area contributed by atoms with Gasteiger partial charge in [0.05, 0.1) is 24.0 Å². The molecular weight excluding hydrogens is 376 g/mol. The van der Waals surface area contributed by atoms with Crippen molar-refractivity contribution in [2.24, 2.45) is 0 Å². The molecule has 0 N–H and O–H groups in total. The maximum atomic E-state index is 13.0. The SMILES string of the molecule is Cc1occc1C(=O)N1CCN(c2cc3c(c(C4CC4)c2)COC(C)(C)C3)C[C@H]1C. The summed E-state index contributed by atoms with van der Waals surface area (Å²) in [6, 6.07) is 6.73. The van der Waals surface area contributed by atoms with Crippen LogP contribution in [0.4, 0.5) is 5.69 Å². The smallest absolute Gasteiger partial charge is 0.257 e. The van der Waals surface area contributed by atoms with Crippen molar-refractivity contribution in [3.63, 3.8) is 0 Å². The van der Waals surface area contributed by atoms with E-state index in [0.717, 1.165) is 32.7 Å². The van der Waals surface area contributed by atoms with Gasteiger partial charge in [0, 0.05) is 37.8 Å². The molecule has 1 saturated heterocycles. The molecule has 1 atom stereocenters. The van der Waals surface area contributed by atoms with E-state index in [1.807, 2.05) is 11.8 Å². The van der Waals surface area contributed by atoms with E-state index in [0.29, 0.717) is 17.2 Å². The van der Waals surface area contributed by atoms with Crippen molar-refractivity contribution in [2.45, 2.75) is 71.1 Å². The van der Waals surface area contributed by atoms with Crippen LogP contribution in [-0.2, 0) is 17.8 Å². The quantitative estimate of drug-likeness (QED) is 0.741. The Bertz CT molecular complexity index is 973. The van der Waals surface area contributed by atoms with E-state index in [2.05, 4.69) is 37.8 Å². The fourth-order valence-electron chi connectivity index (χ4n) is 5.05. The Hall–Kier alpha value is -2.27. The number of nitrogens with zero attached hydrogens (tertiary/aromatic N) is 2. The van der Waals surface area contributed by atoms with Crippen molar-refractivity contribution in [1.82, 2.24) is 4.90 Å². The number of ether oxygens (including phenoxy) is 1. The second kappa shape index (κ2) is 7.16. The number of piperazine rings is 1. The van der Waals surface area contributed by atoms with Gasteiger partial charge in [-0.1, -0.05) is 0 Å². The van der Waals surface area contributed by atoms with Crippen LogP contribution in [-0.4, -0.2) is 42.1 Å². The summed E-state index contributed by atoms with van der Waals surface area (Å²) >= 11 is 0. The van der Waals surface area contributed by atoms with Gasteiger partial charge in [-0.2, -0.15) is 0 Å². The molecule has 5 heteroatoms. The van der Waals surface area contributed by atoms with Crippen LogP contribution in [0.25, 0.3) is 0 Å². The van der Waals surface area contributed by atoms with Gasteiger partial charge in [0.2, 0.25) is 0 Å². The molecule has 30 heavy (non-hydrogen) atoms. The molecule has 5 nitrogen and oxygen atoms in total. The Morgan fingerprint density at radius 1 is 1.20 bits per heavy atom. The number of furan rings is 1. The maximum absolute atomic E-state index is 13.0. The highest BCUT2D eigenvalue weighted by Gasteiger charge is 2.35. The van der Waals surface area contributed by atoms with Crippen LogP contribution in [0.3, 0.4) is 0 Å². The van der Waals surface area contributed by atoms with Crippen molar-refractivity contribution in [2.75, 3.05) is 24.5 Å². The molecule has 0 unspecified atom stereocenters. The minimum atomic E-state index is -0.104. The highest BCUT2D eigenvalue weighted by atomic mass is 16.5. The second-order valence-electron chi connectivity index (χ2n) is 9.86. The van der Waals surface area contributed by atoms with Crippen molar-refractivity contribution < 1.29 is 13.9 Å². The molecule has 1 aliphatic carbocycles. The zero-order valence-electron chi connectivity index (χ0n) is 18.5. The van der Waals surface area contributed by atoms with Gasteiger partial charge in [-0.3, -0.25) is 4.79 Å². The number of amides is 1. The van der Waals surface area contributed by atoms with Gasteiger partial charge in [-0.05, 0) is 81.3 Å². The van der Waals surface area contributed by atoms with Crippen LogP contribution in [0.2, 0.25) is 0 Å². The Morgan fingerprint density at radius 3 is 2.67 bits per heavy atom. The van der Waals surface area contributed by atoms with E-state index in [4.69, 9.17) is 9.15 Å². The Balaban J connectivity index is 1.39. The van der Waals surface area contributed by atoms with E-state index in [-0.39, 0.29) is 17.6 Å². The predicted molar refractivity (Wildman–Crippen MR) is 117 cm³/mol. The summed E-state index contributed by atoms with van der Waals surface area (Å²) in [5.74, 6) is 1.48. The topological polar surface area (TPSA) is 45.9 Å². The average Bonchev–Trinajstić information content (AvgIpc) is 3.46.